The number of halogens is 1. The quantitative estimate of drug-likeness (QED) is 0.861. The Morgan fingerprint density at radius 3 is 2.84 bits per heavy atom. The highest BCUT2D eigenvalue weighted by molar-refractivity contribution is 6.30. The zero-order valence-electron chi connectivity index (χ0n) is 10.8. The summed E-state index contributed by atoms with van der Waals surface area (Å²) in [6, 6.07) is 5.16. The molecule has 0 saturated carbocycles. The highest BCUT2D eigenvalue weighted by atomic mass is 35.5. The van der Waals surface area contributed by atoms with Gasteiger partial charge in [-0.05, 0) is 37.6 Å². The molecule has 1 aromatic carbocycles. The van der Waals surface area contributed by atoms with Crippen LogP contribution in [-0.2, 0) is 16.1 Å². The van der Waals surface area contributed by atoms with Crippen molar-refractivity contribution in [2.24, 2.45) is 0 Å². The summed E-state index contributed by atoms with van der Waals surface area (Å²) in [6.07, 6.45) is -0.726. The van der Waals surface area contributed by atoms with Crippen LogP contribution in [0.5, 0.6) is 0 Å². The molecule has 1 aliphatic heterocycles. The molecular weight excluding hydrogens is 268 g/mol. The van der Waals surface area contributed by atoms with Gasteiger partial charge >= 0.3 is 6.09 Å². The first-order valence-corrected chi connectivity index (χ1v) is 6.37. The number of hydrogen-bond acceptors (Lipinski definition) is 3. The lowest BCUT2D eigenvalue weighted by atomic mass is 10.2. The van der Waals surface area contributed by atoms with Gasteiger partial charge in [0.1, 0.15) is 6.54 Å². The maximum absolute atomic E-state index is 11.9. The van der Waals surface area contributed by atoms with E-state index in [1.807, 2.05) is 0 Å². The summed E-state index contributed by atoms with van der Waals surface area (Å²) < 4.78 is 5.11. The molecule has 0 fully saturated rings. The first-order valence-electron chi connectivity index (χ1n) is 5.99. The largest absolute Gasteiger partial charge is 0.447 e. The van der Waals surface area contributed by atoms with Gasteiger partial charge in [0, 0.05) is 10.7 Å². The van der Waals surface area contributed by atoms with Crippen molar-refractivity contribution < 1.29 is 14.3 Å². The number of benzene rings is 1. The number of carbonyl (C=O) groups excluding carboxylic acids is 2. The lowest BCUT2D eigenvalue weighted by Gasteiger charge is -2.20. The smallest absolute Gasteiger partial charge is 0.410 e. The minimum absolute atomic E-state index is 0.0299. The number of fused-ring (bicyclic) bond motifs is 1. The summed E-state index contributed by atoms with van der Waals surface area (Å²) in [5.74, 6) is -0.248. The normalized spacial score (nSPS) is 14.7. The van der Waals surface area contributed by atoms with Crippen LogP contribution >= 0.6 is 11.6 Å². The van der Waals surface area contributed by atoms with E-state index in [1.54, 1.807) is 32.0 Å². The molecule has 1 N–H and O–H groups in total. The topological polar surface area (TPSA) is 58.6 Å². The van der Waals surface area contributed by atoms with Crippen molar-refractivity contribution in [1.29, 1.82) is 0 Å². The molecule has 0 aromatic heterocycles. The third kappa shape index (κ3) is 3.38. The average Bonchev–Trinajstić information content (AvgIpc) is 2.46. The fraction of sp³-hybridized carbons (Fsp3) is 0.385. The second-order valence-electron chi connectivity index (χ2n) is 4.64. The molecule has 1 heterocycles. The van der Waals surface area contributed by atoms with Gasteiger partial charge in [0.25, 0.3) is 0 Å². The maximum atomic E-state index is 11.9. The molecule has 0 unspecified atom stereocenters. The van der Waals surface area contributed by atoms with E-state index < -0.39 is 6.09 Å². The minimum Gasteiger partial charge on any atom is -0.447 e. The zero-order valence-corrected chi connectivity index (χ0v) is 11.5. The second kappa shape index (κ2) is 5.48. The van der Waals surface area contributed by atoms with Crippen molar-refractivity contribution in [3.8, 4) is 0 Å². The molecule has 0 radical (unpaired) electrons. The van der Waals surface area contributed by atoms with Crippen molar-refractivity contribution in [3.05, 3.63) is 28.8 Å². The summed E-state index contributed by atoms with van der Waals surface area (Å²) in [7, 11) is 0. The average molecular weight is 283 g/mol. The number of carbonyl (C=O) groups is 2. The van der Waals surface area contributed by atoms with Crippen LogP contribution in [0, 0.1) is 0 Å². The number of amides is 2. The van der Waals surface area contributed by atoms with Crippen LogP contribution in [0.25, 0.3) is 0 Å². The Balaban J connectivity index is 2.24. The molecule has 6 heteroatoms. The fourth-order valence-electron chi connectivity index (χ4n) is 1.84. The van der Waals surface area contributed by atoms with E-state index in [9.17, 15) is 9.59 Å². The molecule has 1 aromatic rings. The molecule has 5 nitrogen and oxygen atoms in total. The van der Waals surface area contributed by atoms with Gasteiger partial charge < -0.3 is 10.1 Å². The SMILES string of the molecule is CC(C)OC(=O)N1CC(=O)Nc2ccc(Cl)cc2C1. The molecule has 0 aliphatic carbocycles. The molecule has 0 bridgehead atoms. The van der Waals surface area contributed by atoms with E-state index in [0.29, 0.717) is 17.3 Å². The Bertz CT molecular complexity index is 517. The molecule has 102 valence electrons. The van der Waals surface area contributed by atoms with Crippen LogP contribution in [0.4, 0.5) is 10.5 Å². The van der Waals surface area contributed by atoms with Crippen molar-refractivity contribution in [3.63, 3.8) is 0 Å². The predicted octanol–water partition coefficient (Wildman–Crippen LogP) is 2.64. The van der Waals surface area contributed by atoms with E-state index in [-0.39, 0.29) is 18.6 Å². The first kappa shape index (κ1) is 13.7. The van der Waals surface area contributed by atoms with Gasteiger partial charge in [-0.1, -0.05) is 11.6 Å². The Morgan fingerprint density at radius 2 is 2.16 bits per heavy atom. The molecule has 0 spiro atoms. The molecule has 0 saturated heterocycles. The Morgan fingerprint density at radius 1 is 1.42 bits per heavy atom. The van der Waals surface area contributed by atoms with Gasteiger partial charge in [-0.15, -0.1) is 0 Å². The minimum atomic E-state index is -0.502. The van der Waals surface area contributed by atoms with Gasteiger partial charge in [-0.2, -0.15) is 0 Å². The van der Waals surface area contributed by atoms with Crippen molar-refractivity contribution >= 4 is 29.3 Å². The summed E-state index contributed by atoms with van der Waals surface area (Å²) in [5.41, 5.74) is 1.47. The van der Waals surface area contributed by atoms with Crippen LogP contribution in [-0.4, -0.2) is 29.5 Å². The van der Waals surface area contributed by atoms with E-state index in [4.69, 9.17) is 16.3 Å². The molecule has 1 aliphatic rings. The summed E-state index contributed by atoms with van der Waals surface area (Å²) in [5, 5.41) is 3.30. The lowest BCUT2D eigenvalue weighted by Crippen LogP contribution is -2.36. The predicted molar refractivity (Wildman–Crippen MR) is 72.1 cm³/mol. The number of nitrogens with one attached hydrogen (secondary N) is 1. The van der Waals surface area contributed by atoms with Crippen LogP contribution < -0.4 is 5.32 Å². The fourth-order valence-corrected chi connectivity index (χ4v) is 2.04. The van der Waals surface area contributed by atoms with Gasteiger partial charge in [0.15, 0.2) is 0 Å². The molecular formula is C13H15ClN2O3. The van der Waals surface area contributed by atoms with E-state index in [0.717, 1.165) is 5.56 Å². The number of rotatable bonds is 1. The van der Waals surface area contributed by atoms with E-state index in [1.165, 1.54) is 4.90 Å². The van der Waals surface area contributed by atoms with Gasteiger partial charge in [-0.25, -0.2) is 4.79 Å². The highest BCUT2D eigenvalue weighted by Crippen LogP contribution is 2.24. The summed E-state index contributed by atoms with van der Waals surface area (Å²) in [4.78, 5) is 25.0. The summed E-state index contributed by atoms with van der Waals surface area (Å²) in [6.45, 7) is 3.79. The van der Waals surface area contributed by atoms with Crippen molar-refractivity contribution in [2.45, 2.75) is 26.5 Å². The lowest BCUT2D eigenvalue weighted by molar-refractivity contribution is -0.117. The Hall–Kier alpha value is -1.75. The Kier molecular flexibility index (Phi) is 3.95. The van der Waals surface area contributed by atoms with Crippen molar-refractivity contribution in [2.75, 3.05) is 11.9 Å². The Labute approximate surface area is 116 Å². The van der Waals surface area contributed by atoms with Gasteiger partial charge in [0.2, 0.25) is 5.91 Å². The van der Waals surface area contributed by atoms with Crippen LogP contribution in [0.3, 0.4) is 0 Å². The zero-order chi connectivity index (χ0) is 14.0. The van der Waals surface area contributed by atoms with Gasteiger partial charge in [0.05, 0.1) is 12.6 Å². The number of nitrogens with zero attached hydrogens (tertiary/aromatic N) is 1. The third-order valence-corrected chi connectivity index (χ3v) is 2.87. The van der Waals surface area contributed by atoms with Crippen molar-refractivity contribution in [1.82, 2.24) is 4.90 Å². The first-order chi connectivity index (χ1) is 8.95. The molecule has 0 atom stereocenters. The highest BCUT2D eigenvalue weighted by Gasteiger charge is 2.24. The van der Waals surface area contributed by atoms with E-state index >= 15 is 0 Å². The standard InChI is InChI=1S/C13H15ClN2O3/c1-8(2)19-13(18)16-6-9-5-10(14)3-4-11(9)15-12(17)7-16/h3-5,8H,6-7H2,1-2H3,(H,15,17). The second-order valence-corrected chi connectivity index (χ2v) is 5.07. The van der Waals surface area contributed by atoms with E-state index in [2.05, 4.69) is 5.32 Å². The summed E-state index contributed by atoms with van der Waals surface area (Å²) >= 11 is 5.93. The number of hydrogen-bond donors (Lipinski definition) is 1. The molecule has 2 amide bonds. The molecule has 19 heavy (non-hydrogen) atoms. The maximum Gasteiger partial charge on any atom is 0.410 e. The number of anilines is 1. The van der Waals surface area contributed by atoms with Gasteiger partial charge in [-0.3, -0.25) is 9.69 Å². The van der Waals surface area contributed by atoms with Crippen LogP contribution in [0.1, 0.15) is 19.4 Å². The molecule has 2 rings (SSSR count). The van der Waals surface area contributed by atoms with Crippen LogP contribution in [0.15, 0.2) is 18.2 Å². The third-order valence-electron chi connectivity index (χ3n) is 2.63. The number of ether oxygens (including phenoxy) is 1. The monoisotopic (exact) mass is 282 g/mol. The van der Waals surface area contributed by atoms with Crippen LogP contribution in [0.2, 0.25) is 5.02 Å².